The molecule has 0 atom stereocenters. The van der Waals surface area contributed by atoms with E-state index in [1.54, 1.807) is 36.6 Å². The first kappa shape index (κ1) is 19.8. The molecule has 1 aliphatic rings. The zero-order valence-electron chi connectivity index (χ0n) is 16.3. The second-order valence-corrected chi connectivity index (χ2v) is 6.84. The molecule has 0 spiro atoms. The minimum absolute atomic E-state index is 0.236. The van der Waals surface area contributed by atoms with Crippen molar-refractivity contribution >= 4 is 29.3 Å². The Morgan fingerprint density at radius 3 is 2.53 bits per heavy atom. The van der Waals surface area contributed by atoms with E-state index in [1.165, 1.54) is 4.90 Å². The van der Waals surface area contributed by atoms with Crippen LogP contribution in [-0.2, 0) is 17.9 Å². The molecular formula is C22H20N2O5S. The van der Waals surface area contributed by atoms with Crippen molar-refractivity contribution in [3.05, 3.63) is 77.8 Å². The highest BCUT2D eigenvalue weighted by Gasteiger charge is 2.31. The lowest BCUT2D eigenvalue weighted by Crippen LogP contribution is -2.29. The maximum Gasteiger partial charge on any atom is 0.277 e. The number of carbonyl (C=O) groups excluding carboxylic acids is 1. The molecule has 0 saturated carbocycles. The third kappa shape index (κ3) is 4.55. The molecule has 0 aliphatic carbocycles. The van der Waals surface area contributed by atoms with Gasteiger partial charge in [-0.15, -0.1) is 0 Å². The van der Waals surface area contributed by atoms with Gasteiger partial charge in [0.2, 0.25) is 0 Å². The number of hydrogen-bond donors (Lipinski definition) is 1. The summed E-state index contributed by atoms with van der Waals surface area (Å²) in [6.07, 6.45) is 3.18. The molecule has 1 aliphatic heterocycles. The van der Waals surface area contributed by atoms with Crippen LogP contribution in [0.15, 0.2) is 69.3 Å². The molecule has 2 aromatic heterocycles. The Bertz CT molecular complexity index is 1050. The molecule has 8 heteroatoms. The van der Waals surface area contributed by atoms with Gasteiger partial charge in [0.1, 0.15) is 41.1 Å². The van der Waals surface area contributed by atoms with Crippen LogP contribution in [0.5, 0.6) is 11.5 Å². The molecule has 1 saturated heterocycles. The number of thiocarbonyl (C=S) groups is 1. The van der Waals surface area contributed by atoms with Crippen LogP contribution in [-0.4, -0.2) is 22.5 Å². The number of hydrogen-bond acceptors (Lipinski definition) is 6. The van der Waals surface area contributed by atoms with Crippen molar-refractivity contribution < 1.29 is 23.1 Å². The highest BCUT2D eigenvalue weighted by molar-refractivity contribution is 7.80. The van der Waals surface area contributed by atoms with E-state index in [0.29, 0.717) is 40.4 Å². The first-order chi connectivity index (χ1) is 14.6. The maximum atomic E-state index is 12.6. The average molecular weight is 424 g/mol. The van der Waals surface area contributed by atoms with E-state index in [1.807, 2.05) is 31.2 Å². The fourth-order valence-corrected chi connectivity index (χ4v) is 3.18. The zero-order valence-corrected chi connectivity index (χ0v) is 17.1. The Balaban J connectivity index is 1.37. The van der Waals surface area contributed by atoms with E-state index in [2.05, 4.69) is 5.32 Å². The lowest BCUT2D eigenvalue weighted by atomic mass is 10.3. The molecule has 1 fully saturated rings. The molecule has 7 nitrogen and oxygen atoms in total. The predicted octanol–water partition coefficient (Wildman–Crippen LogP) is 4.11. The first-order valence-electron chi connectivity index (χ1n) is 9.43. The highest BCUT2D eigenvalue weighted by atomic mass is 32.1. The van der Waals surface area contributed by atoms with Crippen molar-refractivity contribution in [2.24, 2.45) is 0 Å². The Labute approximate surface area is 178 Å². The summed E-state index contributed by atoms with van der Waals surface area (Å²) in [7, 11) is 0. The van der Waals surface area contributed by atoms with Gasteiger partial charge in [-0.2, -0.15) is 0 Å². The molecule has 4 rings (SSSR count). The van der Waals surface area contributed by atoms with Gasteiger partial charge in [0.05, 0.1) is 19.4 Å². The molecule has 0 radical (unpaired) electrons. The lowest BCUT2D eigenvalue weighted by Gasteiger charge is -2.11. The predicted molar refractivity (Wildman–Crippen MR) is 114 cm³/mol. The maximum absolute atomic E-state index is 12.6. The number of nitrogens with zero attached hydrogens (tertiary/aromatic N) is 1. The van der Waals surface area contributed by atoms with E-state index < -0.39 is 0 Å². The first-order valence-corrected chi connectivity index (χ1v) is 9.84. The van der Waals surface area contributed by atoms with Crippen LogP contribution in [0.4, 0.5) is 0 Å². The van der Waals surface area contributed by atoms with Crippen LogP contribution >= 0.6 is 12.2 Å². The molecule has 154 valence electrons. The van der Waals surface area contributed by atoms with Crippen LogP contribution in [0, 0.1) is 0 Å². The quantitative estimate of drug-likeness (QED) is 0.431. The minimum atomic E-state index is -0.236. The SMILES string of the molecule is CCOc1ccc(OCc2ccc(/C=C3/NC(=S)N(Cc4ccco4)C3=O)o2)cc1. The van der Waals surface area contributed by atoms with E-state index in [9.17, 15) is 4.79 Å². The second kappa shape index (κ2) is 8.87. The third-order valence-corrected chi connectivity index (χ3v) is 4.66. The summed E-state index contributed by atoms with van der Waals surface area (Å²) in [5, 5.41) is 3.25. The number of rotatable bonds is 8. The monoisotopic (exact) mass is 424 g/mol. The van der Waals surface area contributed by atoms with E-state index in [0.717, 1.165) is 5.75 Å². The van der Waals surface area contributed by atoms with Crippen LogP contribution in [0.3, 0.4) is 0 Å². The standard InChI is InChI=1S/C22H20N2O5S/c1-2-26-15-5-7-16(8-6-15)28-14-19-10-9-17(29-19)12-20-21(25)24(22(30)23-20)13-18-4-3-11-27-18/h3-12H,2,13-14H2,1H3,(H,23,30)/b20-12+. The molecule has 0 unspecified atom stereocenters. The van der Waals surface area contributed by atoms with E-state index in [4.69, 9.17) is 30.5 Å². The molecule has 1 N–H and O–H groups in total. The number of amides is 1. The van der Waals surface area contributed by atoms with Crippen molar-refractivity contribution in [1.29, 1.82) is 0 Å². The summed E-state index contributed by atoms with van der Waals surface area (Å²) in [5.74, 6) is 3.08. The van der Waals surface area contributed by atoms with E-state index >= 15 is 0 Å². The van der Waals surface area contributed by atoms with Gasteiger partial charge in [-0.05, 0) is 67.7 Å². The molecule has 30 heavy (non-hydrogen) atoms. The van der Waals surface area contributed by atoms with Crippen molar-refractivity contribution in [1.82, 2.24) is 10.2 Å². The number of nitrogens with one attached hydrogen (secondary N) is 1. The summed E-state index contributed by atoms with van der Waals surface area (Å²) < 4.78 is 22.2. The van der Waals surface area contributed by atoms with Gasteiger partial charge in [0.15, 0.2) is 5.11 Å². The summed E-state index contributed by atoms with van der Waals surface area (Å²) >= 11 is 5.26. The molecule has 3 heterocycles. The lowest BCUT2D eigenvalue weighted by molar-refractivity contribution is -0.122. The Morgan fingerprint density at radius 1 is 1.07 bits per heavy atom. The smallest absolute Gasteiger partial charge is 0.277 e. The fraction of sp³-hybridized carbons (Fsp3) is 0.182. The highest BCUT2D eigenvalue weighted by Crippen LogP contribution is 2.21. The van der Waals surface area contributed by atoms with Crippen molar-refractivity contribution in [2.75, 3.05) is 6.61 Å². The average Bonchev–Trinajstić information content (AvgIpc) is 3.47. The van der Waals surface area contributed by atoms with Gasteiger partial charge >= 0.3 is 0 Å². The molecule has 1 aromatic carbocycles. The topological polar surface area (TPSA) is 77.1 Å². The van der Waals surface area contributed by atoms with Crippen molar-refractivity contribution in [3.63, 3.8) is 0 Å². The largest absolute Gasteiger partial charge is 0.494 e. The fourth-order valence-electron chi connectivity index (χ4n) is 2.92. The summed E-state index contributed by atoms with van der Waals surface area (Å²) in [6.45, 7) is 3.09. The summed E-state index contributed by atoms with van der Waals surface area (Å²) in [6, 6.07) is 14.5. The number of benzene rings is 1. The van der Waals surface area contributed by atoms with Crippen LogP contribution in [0.2, 0.25) is 0 Å². The van der Waals surface area contributed by atoms with Crippen molar-refractivity contribution in [2.45, 2.75) is 20.1 Å². The Morgan fingerprint density at radius 2 is 1.83 bits per heavy atom. The number of furan rings is 2. The van der Waals surface area contributed by atoms with Gasteiger partial charge in [0, 0.05) is 6.08 Å². The van der Waals surface area contributed by atoms with Gasteiger partial charge in [0.25, 0.3) is 5.91 Å². The minimum Gasteiger partial charge on any atom is -0.494 e. The van der Waals surface area contributed by atoms with Crippen LogP contribution in [0.25, 0.3) is 6.08 Å². The van der Waals surface area contributed by atoms with Gasteiger partial charge in [-0.25, -0.2) is 0 Å². The van der Waals surface area contributed by atoms with Crippen LogP contribution in [0.1, 0.15) is 24.2 Å². The molecule has 0 bridgehead atoms. The molecule has 3 aromatic rings. The molecular weight excluding hydrogens is 404 g/mol. The Kier molecular flexibility index (Phi) is 5.85. The second-order valence-electron chi connectivity index (χ2n) is 6.46. The number of carbonyl (C=O) groups is 1. The zero-order chi connectivity index (χ0) is 20.9. The Hall–Kier alpha value is -3.52. The van der Waals surface area contributed by atoms with E-state index in [-0.39, 0.29) is 19.1 Å². The number of ether oxygens (including phenoxy) is 2. The van der Waals surface area contributed by atoms with Gasteiger partial charge in [-0.3, -0.25) is 9.69 Å². The van der Waals surface area contributed by atoms with Gasteiger partial charge < -0.3 is 23.6 Å². The third-order valence-electron chi connectivity index (χ3n) is 4.34. The molecule has 1 amide bonds. The normalized spacial score (nSPS) is 15.0. The van der Waals surface area contributed by atoms with Crippen LogP contribution < -0.4 is 14.8 Å². The van der Waals surface area contributed by atoms with Crippen molar-refractivity contribution in [3.8, 4) is 11.5 Å². The van der Waals surface area contributed by atoms with Gasteiger partial charge in [-0.1, -0.05) is 0 Å². The summed E-state index contributed by atoms with van der Waals surface area (Å²) in [4.78, 5) is 14.1. The summed E-state index contributed by atoms with van der Waals surface area (Å²) in [5.41, 5.74) is 0.347.